The zero-order valence-electron chi connectivity index (χ0n) is 24.6. The van der Waals surface area contributed by atoms with Gasteiger partial charge in [-0.25, -0.2) is 0 Å². The lowest BCUT2D eigenvalue weighted by atomic mass is 10.1. The lowest BCUT2D eigenvalue weighted by molar-refractivity contribution is 1.18. The van der Waals surface area contributed by atoms with Gasteiger partial charge in [0.05, 0.1) is 11.0 Å². The van der Waals surface area contributed by atoms with E-state index in [9.17, 15) is 0 Å². The fourth-order valence-corrected chi connectivity index (χ4v) is 12.2. The van der Waals surface area contributed by atoms with Crippen LogP contribution in [-0.2, 0) is 0 Å². The highest BCUT2D eigenvalue weighted by atomic mass is 79.9. The van der Waals surface area contributed by atoms with Crippen molar-refractivity contribution in [3.05, 3.63) is 186 Å². The highest BCUT2D eigenvalue weighted by Crippen LogP contribution is 2.35. The Kier molecular flexibility index (Phi) is 7.06. The maximum Gasteiger partial charge on any atom is 0.179 e. The van der Waals surface area contributed by atoms with E-state index < -0.39 is 8.07 Å². The van der Waals surface area contributed by atoms with E-state index in [1.54, 1.807) is 0 Å². The van der Waals surface area contributed by atoms with Crippen molar-refractivity contribution in [2.24, 2.45) is 0 Å². The molecule has 0 aliphatic rings. The van der Waals surface area contributed by atoms with E-state index in [1.807, 2.05) is 0 Å². The summed E-state index contributed by atoms with van der Waals surface area (Å²) in [6.07, 6.45) is 0. The number of fused-ring (bicyclic) bond motifs is 3. The summed E-state index contributed by atoms with van der Waals surface area (Å²) in [6.45, 7) is 0. The van der Waals surface area contributed by atoms with Crippen LogP contribution < -0.4 is 20.7 Å². The molecule has 0 N–H and O–H groups in total. The van der Waals surface area contributed by atoms with Crippen LogP contribution in [0.4, 0.5) is 0 Å². The minimum absolute atomic E-state index is 1.08. The Morgan fingerprint density at radius 3 is 1.44 bits per heavy atom. The number of hydrogen-bond donors (Lipinski definition) is 0. The third kappa shape index (κ3) is 4.67. The zero-order valence-corrected chi connectivity index (χ0v) is 27.2. The van der Waals surface area contributed by atoms with E-state index in [0.717, 1.165) is 10.2 Å². The first-order valence-corrected chi connectivity index (χ1v) is 18.1. The van der Waals surface area contributed by atoms with E-state index in [4.69, 9.17) is 0 Å². The molecule has 214 valence electrons. The SMILES string of the molecule is Brc1ccc2c(c1)c1cc([Si](c3ccccc3)(c3ccccc3)c3ccccc3)ccc1n2-c1cccc(-c2ccccc2)c1. The molecule has 7 aromatic carbocycles. The Labute approximate surface area is 273 Å². The van der Waals surface area contributed by atoms with Gasteiger partial charge < -0.3 is 4.57 Å². The second-order valence-corrected chi connectivity index (χ2v) is 16.2. The average molecular weight is 657 g/mol. The van der Waals surface area contributed by atoms with E-state index in [1.165, 1.54) is 53.7 Å². The Balaban J connectivity index is 1.44. The van der Waals surface area contributed by atoms with Crippen LogP contribution in [0.25, 0.3) is 38.6 Å². The molecule has 1 aromatic heterocycles. The van der Waals surface area contributed by atoms with Crippen molar-refractivity contribution in [1.82, 2.24) is 4.57 Å². The quantitative estimate of drug-likeness (QED) is 0.125. The third-order valence-electron chi connectivity index (χ3n) is 8.99. The largest absolute Gasteiger partial charge is 0.309 e. The molecular formula is C42H30BrNSi. The molecular weight excluding hydrogens is 626 g/mol. The lowest BCUT2D eigenvalue weighted by Crippen LogP contribution is -2.74. The summed E-state index contributed by atoms with van der Waals surface area (Å²) >= 11 is 3.79. The normalized spacial score (nSPS) is 11.7. The molecule has 0 spiro atoms. The number of rotatable bonds is 6. The summed E-state index contributed by atoms with van der Waals surface area (Å²) in [5.74, 6) is 0. The fraction of sp³-hybridized carbons (Fsp3) is 0. The maximum atomic E-state index is 3.79. The van der Waals surface area contributed by atoms with Gasteiger partial charge in [0.25, 0.3) is 0 Å². The van der Waals surface area contributed by atoms with E-state index in [0.29, 0.717) is 0 Å². The molecule has 0 amide bonds. The summed E-state index contributed by atoms with van der Waals surface area (Å²) in [7, 11) is -2.66. The Bertz CT molecular complexity index is 2160. The van der Waals surface area contributed by atoms with Gasteiger partial charge in [0.1, 0.15) is 0 Å². The Morgan fingerprint density at radius 1 is 0.378 bits per heavy atom. The van der Waals surface area contributed by atoms with Crippen LogP contribution >= 0.6 is 15.9 Å². The molecule has 0 aliphatic carbocycles. The van der Waals surface area contributed by atoms with Crippen molar-refractivity contribution in [2.75, 3.05) is 0 Å². The number of benzene rings is 7. The predicted octanol–water partition coefficient (Wildman–Crippen LogP) is 8.59. The van der Waals surface area contributed by atoms with Crippen LogP contribution in [0.3, 0.4) is 0 Å². The Hall–Kier alpha value is -4.96. The molecule has 45 heavy (non-hydrogen) atoms. The van der Waals surface area contributed by atoms with Crippen molar-refractivity contribution in [3.8, 4) is 16.8 Å². The van der Waals surface area contributed by atoms with Crippen molar-refractivity contribution >= 4 is 66.6 Å². The monoisotopic (exact) mass is 655 g/mol. The predicted molar refractivity (Wildman–Crippen MR) is 198 cm³/mol. The van der Waals surface area contributed by atoms with Gasteiger partial charge in [-0.15, -0.1) is 0 Å². The smallest absolute Gasteiger partial charge is 0.179 e. The van der Waals surface area contributed by atoms with E-state index in [-0.39, 0.29) is 0 Å². The van der Waals surface area contributed by atoms with Crippen LogP contribution in [-0.4, -0.2) is 12.6 Å². The number of aromatic nitrogens is 1. The van der Waals surface area contributed by atoms with Gasteiger partial charge in [0, 0.05) is 20.9 Å². The average Bonchev–Trinajstić information content (AvgIpc) is 3.43. The molecule has 1 nitrogen and oxygen atoms in total. The second-order valence-electron chi connectivity index (χ2n) is 11.5. The number of nitrogens with zero attached hydrogens (tertiary/aromatic N) is 1. The number of hydrogen-bond acceptors (Lipinski definition) is 0. The van der Waals surface area contributed by atoms with Crippen LogP contribution in [0.15, 0.2) is 186 Å². The van der Waals surface area contributed by atoms with Crippen LogP contribution in [0.1, 0.15) is 0 Å². The van der Waals surface area contributed by atoms with Crippen molar-refractivity contribution in [1.29, 1.82) is 0 Å². The summed E-state index contributed by atoms with van der Waals surface area (Å²) in [5.41, 5.74) is 5.98. The first-order chi connectivity index (χ1) is 22.2. The third-order valence-corrected chi connectivity index (χ3v) is 14.3. The molecule has 0 atom stereocenters. The topological polar surface area (TPSA) is 4.93 Å². The zero-order chi connectivity index (χ0) is 30.2. The second kappa shape index (κ2) is 11.5. The van der Waals surface area contributed by atoms with E-state index >= 15 is 0 Å². The first-order valence-electron chi connectivity index (χ1n) is 15.3. The van der Waals surface area contributed by atoms with Crippen molar-refractivity contribution < 1.29 is 0 Å². The molecule has 0 unspecified atom stereocenters. The molecule has 0 fully saturated rings. The fourth-order valence-electron chi connectivity index (χ4n) is 7.03. The van der Waals surface area contributed by atoms with Gasteiger partial charge in [0.2, 0.25) is 0 Å². The molecule has 3 heteroatoms. The van der Waals surface area contributed by atoms with Gasteiger partial charge in [-0.2, -0.15) is 0 Å². The highest BCUT2D eigenvalue weighted by molar-refractivity contribution is 9.10. The summed E-state index contributed by atoms with van der Waals surface area (Å²) in [6, 6.07) is 66.8. The maximum absolute atomic E-state index is 3.79. The lowest BCUT2D eigenvalue weighted by Gasteiger charge is -2.34. The highest BCUT2D eigenvalue weighted by Gasteiger charge is 2.41. The van der Waals surface area contributed by atoms with Gasteiger partial charge in [0.15, 0.2) is 8.07 Å². The molecule has 0 radical (unpaired) electrons. The first kappa shape index (κ1) is 27.6. The van der Waals surface area contributed by atoms with Crippen molar-refractivity contribution in [3.63, 3.8) is 0 Å². The molecule has 0 aliphatic heterocycles. The van der Waals surface area contributed by atoms with E-state index in [2.05, 4.69) is 202 Å². The summed E-state index contributed by atoms with van der Waals surface area (Å²) < 4.78 is 3.50. The minimum Gasteiger partial charge on any atom is -0.309 e. The van der Waals surface area contributed by atoms with Gasteiger partial charge in [-0.3, -0.25) is 0 Å². The van der Waals surface area contributed by atoms with Gasteiger partial charge in [-0.05, 0) is 68.3 Å². The molecule has 0 bridgehead atoms. The molecule has 0 saturated heterocycles. The molecule has 8 aromatic rings. The van der Waals surface area contributed by atoms with Crippen LogP contribution in [0.5, 0.6) is 0 Å². The van der Waals surface area contributed by atoms with Crippen molar-refractivity contribution in [2.45, 2.75) is 0 Å². The van der Waals surface area contributed by atoms with Gasteiger partial charge >= 0.3 is 0 Å². The summed E-state index contributed by atoms with van der Waals surface area (Å²) in [5, 5.41) is 8.00. The van der Waals surface area contributed by atoms with Gasteiger partial charge in [-0.1, -0.05) is 162 Å². The molecule has 8 rings (SSSR count). The number of halogens is 1. The minimum atomic E-state index is -2.66. The Morgan fingerprint density at radius 2 is 0.867 bits per heavy atom. The molecule has 0 saturated carbocycles. The van der Waals surface area contributed by atoms with Crippen LogP contribution in [0, 0.1) is 0 Å². The standard InChI is InChI=1S/C42H30BrNSi/c43-33-24-26-41-39(29-33)40-30-38(25-27-42(40)44(41)34-17-13-16-32(28-34)31-14-5-1-6-15-31)45(35-18-7-2-8-19-35,36-20-9-3-10-21-36)37-22-11-4-12-23-37/h1-30H. The van der Waals surface area contributed by atoms with Crippen LogP contribution in [0.2, 0.25) is 0 Å². The molecule has 1 heterocycles. The summed E-state index contributed by atoms with van der Waals surface area (Å²) in [4.78, 5) is 0.